The van der Waals surface area contributed by atoms with E-state index in [-0.39, 0.29) is 33.9 Å². The van der Waals surface area contributed by atoms with Crippen LogP contribution in [0.2, 0.25) is 0 Å². The Morgan fingerprint density at radius 3 is 1.44 bits per heavy atom. The fourth-order valence-corrected chi connectivity index (χ4v) is 27.7. The molecule has 0 saturated carbocycles. The van der Waals surface area contributed by atoms with Gasteiger partial charge in [-0.2, -0.15) is 21.0 Å². The van der Waals surface area contributed by atoms with Gasteiger partial charge < -0.3 is 0 Å². The number of rotatable bonds is 33. The highest BCUT2D eigenvalue weighted by atomic mass is 32.2. The van der Waals surface area contributed by atoms with Gasteiger partial charge >= 0.3 is 0 Å². The van der Waals surface area contributed by atoms with Crippen LogP contribution in [0.5, 0.6) is 0 Å². The summed E-state index contributed by atoms with van der Waals surface area (Å²) in [5, 5.41) is 41.9. The summed E-state index contributed by atoms with van der Waals surface area (Å²) in [6.07, 6.45) is 31.0. The van der Waals surface area contributed by atoms with E-state index in [1.54, 1.807) is 17.8 Å². The lowest BCUT2D eigenvalue weighted by molar-refractivity contribution is 0.103. The number of ketones is 2. The lowest BCUT2D eigenvalue weighted by atomic mass is 9.90. The number of hydrogen-bond acceptors (Lipinski definition) is 16. The molecule has 4 aliphatic carbocycles. The summed E-state index contributed by atoms with van der Waals surface area (Å²) in [6, 6.07) is 47.3. The molecule has 2 aliphatic heterocycles. The van der Waals surface area contributed by atoms with Crippen LogP contribution in [0.15, 0.2) is 173 Å². The minimum Gasteiger partial charge on any atom is -0.289 e. The van der Waals surface area contributed by atoms with Crippen LogP contribution in [0.1, 0.15) is 232 Å². The second kappa shape index (κ2) is 35.7. The molecule has 0 spiro atoms. The maximum atomic E-state index is 14.8. The molecule has 0 radical (unpaired) electrons. The van der Waals surface area contributed by atoms with Gasteiger partial charge in [0.05, 0.1) is 13.2 Å². The molecule has 0 saturated heterocycles. The Balaban J connectivity index is 0.997. The van der Waals surface area contributed by atoms with Crippen molar-refractivity contribution in [3.63, 3.8) is 0 Å². The number of carbonyl (C=O) groups excluding carboxylic acids is 2. The Morgan fingerprint density at radius 1 is 0.490 bits per heavy atom. The second-order valence-electron chi connectivity index (χ2n) is 27.6. The molecule has 7 aromatic rings. The molecule has 6 heterocycles. The number of fused-ring (bicyclic) bond motifs is 7. The summed E-state index contributed by atoms with van der Waals surface area (Å²) in [7, 11) is 0. The van der Waals surface area contributed by atoms with Crippen molar-refractivity contribution in [2.75, 3.05) is 0 Å². The van der Waals surface area contributed by atoms with Gasteiger partial charge in [-0.05, 0) is 176 Å². The first-order valence-electron chi connectivity index (χ1n) is 37.1. The van der Waals surface area contributed by atoms with Gasteiger partial charge in [0.1, 0.15) is 35.4 Å². The predicted octanol–water partition coefficient (Wildman–Crippen LogP) is 27.3. The minimum absolute atomic E-state index is 0.0565. The van der Waals surface area contributed by atoms with E-state index in [0.29, 0.717) is 51.0 Å². The second-order valence-corrected chi connectivity index (χ2v) is 40.1. The van der Waals surface area contributed by atoms with E-state index in [0.717, 1.165) is 47.8 Å². The molecule has 3 aromatic carbocycles. The first-order valence-corrected chi connectivity index (χ1v) is 45.8. The predicted molar refractivity (Wildman–Crippen MR) is 452 cm³/mol. The van der Waals surface area contributed by atoms with Crippen molar-refractivity contribution >= 4 is 155 Å². The van der Waals surface area contributed by atoms with Crippen LogP contribution in [0.3, 0.4) is 0 Å². The third-order valence-corrected chi connectivity index (χ3v) is 33.3. The SMILES string of the molecule is CCCCCCc1ccc(CSC(SCc2ccc(CCCCCC)s2)=C2c3cc4c(cc3C3(C)SC(/C=C5\C(=O)c6ccccc6C5=C(C#N)C#N)=CC23)/C(=C(\SCc2ccc(CCCCCC)s2)Sc2ccc(CCCCCC)s2)C2=C4SC(/C=C3\C(=O)c4ccccc4C3=C(C#N)C#N)C2)s1. The highest BCUT2D eigenvalue weighted by molar-refractivity contribution is 8.23. The molecule has 0 N–H and O–H groups in total. The van der Waals surface area contributed by atoms with Crippen LogP contribution >= 0.6 is 116 Å². The lowest BCUT2D eigenvalue weighted by Gasteiger charge is -2.26. The average Bonchev–Trinajstić information content (AvgIpc) is 1.53. The van der Waals surface area contributed by atoms with E-state index in [1.165, 1.54) is 193 Å². The number of thioether (sulfide) groups is 6. The molecule has 0 fully saturated rings. The lowest BCUT2D eigenvalue weighted by Crippen LogP contribution is -2.19. The highest BCUT2D eigenvalue weighted by Crippen LogP contribution is 2.69. The summed E-state index contributed by atoms with van der Waals surface area (Å²) in [6.45, 7) is 11.5. The van der Waals surface area contributed by atoms with Crippen LogP contribution in [0.4, 0.5) is 0 Å². The number of nitriles is 4. The van der Waals surface area contributed by atoms with E-state index >= 15 is 0 Å². The first-order chi connectivity index (χ1) is 50.9. The standard InChI is InChI=1S/C88H86N4O2S10/c1-6-10-14-18-26-57-34-37-61(98-57)52-95-86(96-53-62-38-35-58(99-62)27-19-15-11-7-2)82-72-46-71-70(47-76(72)88(5)77(82)45-65(104-88)44-74-80(56(50-91)51-92)67-31-23-25-33-69(67)84(74)94)81(75-43-64(102-85(71)75)42-73-79(55(48-89)49-90)66-30-22-24-32-68(66)83(73)93)87(103-78-41-40-60(101-78)29-21-17-13-9-4)97-54-63-39-36-59(100-63)28-20-16-12-8-3/h22-25,30-42,44-47,64,77H,6-21,26-29,43,52-54H2,1-5H3/b73-42-,74-44-,87-81-. The maximum Gasteiger partial charge on any atom is 0.194 e. The van der Waals surface area contributed by atoms with Gasteiger partial charge in [0.2, 0.25) is 0 Å². The number of unbranched alkanes of at least 4 members (excludes halogenated alkanes) is 12. The topological polar surface area (TPSA) is 129 Å². The van der Waals surface area contributed by atoms with Crippen molar-refractivity contribution in [1.29, 1.82) is 21.0 Å². The van der Waals surface area contributed by atoms with E-state index in [9.17, 15) is 30.6 Å². The van der Waals surface area contributed by atoms with Crippen LogP contribution < -0.4 is 0 Å². The molecule has 104 heavy (non-hydrogen) atoms. The molecule has 3 atom stereocenters. The van der Waals surface area contributed by atoms with Crippen LogP contribution in [0, 0.1) is 51.2 Å². The molecule has 530 valence electrons. The van der Waals surface area contributed by atoms with Crippen molar-refractivity contribution in [1.82, 2.24) is 0 Å². The maximum absolute atomic E-state index is 14.8. The average molecular weight is 1550 g/mol. The molecular weight excluding hydrogens is 1470 g/mol. The number of thiophene rings is 4. The quantitative estimate of drug-likeness (QED) is 0.0168. The molecule has 0 bridgehead atoms. The Morgan fingerprint density at radius 2 is 0.942 bits per heavy atom. The molecule has 6 aliphatic rings. The van der Waals surface area contributed by atoms with Gasteiger partial charge in [0.25, 0.3) is 0 Å². The van der Waals surface area contributed by atoms with Crippen molar-refractivity contribution < 1.29 is 9.59 Å². The zero-order valence-electron chi connectivity index (χ0n) is 59.9. The number of allylic oxidation sites excluding steroid dienone is 11. The summed E-state index contributed by atoms with van der Waals surface area (Å²) in [4.78, 5) is 41.5. The van der Waals surface area contributed by atoms with Crippen LogP contribution in [-0.2, 0) is 47.7 Å². The summed E-state index contributed by atoms with van der Waals surface area (Å²) >= 11 is 19.1. The Labute approximate surface area is 657 Å². The van der Waals surface area contributed by atoms with Gasteiger partial charge in [-0.1, -0.05) is 177 Å². The smallest absolute Gasteiger partial charge is 0.194 e. The summed E-state index contributed by atoms with van der Waals surface area (Å²) in [5.74, 6) is 1.98. The van der Waals surface area contributed by atoms with E-state index < -0.39 is 4.75 Å². The zero-order valence-corrected chi connectivity index (χ0v) is 68.1. The fourth-order valence-electron chi connectivity index (χ4n) is 15.1. The van der Waals surface area contributed by atoms with Gasteiger partial charge in [-0.3, -0.25) is 9.59 Å². The van der Waals surface area contributed by atoms with Crippen LogP contribution in [-0.4, -0.2) is 16.8 Å². The number of carbonyl (C=O) groups is 2. The van der Waals surface area contributed by atoms with Crippen molar-refractivity contribution in [2.24, 2.45) is 5.92 Å². The number of Topliss-reactive ketones (excluding diaryl/α,β-unsaturated/α-hetero) is 2. The van der Waals surface area contributed by atoms with Crippen molar-refractivity contribution in [2.45, 2.75) is 201 Å². The minimum atomic E-state index is -0.559. The number of nitrogens with zero attached hydrogens (tertiary/aromatic N) is 4. The van der Waals surface area contributed by atoms with Gasteiger partial charge in [0, 0.05) is 116 Å². The zero-order chi connectivity index (χ0) is 72.3. The van der Waals surface area contributed by atoms with Gasteiger partial charge in [-0.25, -0.2) is 0 Å². The number of benzene rings is 3. The third kappa shape index (κ3) is 16.6. The molecule has 6 nitrogen and oxygen atoms in total. The third-order valence-electron chi connectivity index (χ3n) is 20.4. The molecule has 16 heteroatoms. The molecule has 3 unspecified atom stereocenters. The van der Waals surface area contributed by atoms with E-state index in [4.69, 9.17) is 0 Å². The molecule has 13 rings (SSSR count). The first kappa shape index (κ1) is 76.0. The summed E-state index contributed by atoms with van der Waals surface area (Å²) < 4.78 is 3.24. The fraction of sp³-hybridized carbons (Fsp3) is 0.364. The Bertz CT molecular complexity index is 4810. The number of aryl methyl sites for hydroxylation is 4. The monoisotopic (exact) mass is 1550 g/mol. The largest absolute Gasteiger partial charge is 0.289 e. The molecular formula is C88H86N4O2S10. The van der Waals surface area contributed by atoms with Gasteiger partial charge in [0.15, 0.2) is 11.6 Å². The molecule has 4 aromatic heterocycles. The van der Waals surface area contributed by atoms with Crippen LogP contribution in [0.25, 0.3) is 27.2 Å². The Hall–Kier alpha value is -6.22. The number of hydrogen-bond donors (Lipinski definition) is 0. The van der Waals surface area contributed by atoms with Crippen molar-refractivity contribution in [3.05, 3.63) is 247 Å². The Kier molecular flexibility index (Phi) is 26.1. The van der Waals surface area contributed by atoms with E-state index in [1.807, 2.05) is 153 Å². The van der Waals surface area contributed by atoms with E-state index in [2.05, 4.69) is 132 Å². The van der Waals surface area contributed by atoms with Gasteiger partial charge in [-0.15, -0.1) is 104 Å². The normalized spacial score (nSPS) is 18.7. The molecule has 0 amide bonds. The van der Waals surface area contributed by atoms with Crippen molar-refractivity contribution in [3.8, 4) is 24.3 Å². The summed E-state index contributed by atoms with van der Waals surface area (Å²) in [5.41, 5.74) is 12.4. The highest BCUT2D eigenvalue weighted by Gasteiger charge is 2.53.